The predicted molar refractivity (Wildman–Crippen MR) is 232 cm³/mol. The maximum absolute atomic E-state index is 3.02. The van der Waals surface area contributed by atoms with Gasteiger partial charge in [-0.05, 0) is 129 Å². The number of nitrogens with zero attached hydrogens (tertiary/aromatic N) is 2. The Morgan fingerprint density at radius 2 is 1.50 bits per heavy atom. The number of allylic oxidation sites excluding steroid dienone is 20. The van der Waals surface area contributed by atoms with Gasteiger partial charge in [-0.3, -0.25) is 0 Å². The minimum atomic E-state index is 0.417. The lowest BCUT2D eigenvalue weighted by molar-refractivity contribution is 0.206. The highest BCUT2D eigenvalue weighted by Gasteiger charge is 2.52. The molecule has 1 aromatic rings. The summed E-state index contributed by atoms with van der Waals surface area (Å²) in [5.41, 5.74) is 11.1. The van der Waals surface area contributed by atoms with Crippen LogP contribution < -0.4 is 0 Å². The first-order valence-electron chi connectivity index (χ1n) is 22.3. The second-order valence-corrected chi connectivity index (χ2v) is 18.3. The summed E-state index contributed by atoms with van der Waals surface area (Å²) in [4.78, 5) is 5.86. The first kappa shape index (κ1) is 34.7. The number of fused-ring (bicyclic) bond motifs is 5. The third-order valence-electron chi connectivity index (χ3n) is 15.4. The molecule has 11 atom stereocenters. The lowest BCUT2D eigenvalue weighted by Gasteiger charge is -2.44. The normalized spacial score (nSPS) is 37.8. The van der Waals surface area contributed by atoms with Gasteiger partial charge in [-0.25, -0.2) is 0 Å². The monoisotopic (exact) mass is 734 g/mol. The molecule has 2 heteroatoms. The summed E-state index contributed by atoms with van der Waals surface area (Å²) < 4.78 is 0. The van der Waals surface area contributed by atoms with E-state index in [1.165, 1.54) is 56.2 Å². The number of benzene rings is 1. The molecule has 0 spiro atoms. The van der Waals surface area contributed by atoms with Crippen molar-refractivity contribution in [1.29, 1.82) is 0 Å². The smallest absolute Gasteiger partial charge is 0.0614 e. The number of hydrogen-bond acceptors (Lipinski definition) is 2. The summed E-state index contributed by atoms with van der Waals surface area (Å²) >= 11 is 0. The third kappa shape index (κ3) is 6.05. The zero-order valence-corrected chi connectivity index (χ0v) is 33.0. The molecule has 284 valence electrons. The zero-order chi connectivity index (χ0) is 37.0. The molecule has 2 heterocycles. The van der Waals surface area contributed by atoms with Crippen molar-refractivity contribution in [3.05, 3.63) is 191 Å². The number of likely N-dealkylation sites (tertiary alicyclic amines) is 1. The molecule has 1 aromatic carbocycles. The van der Waals surface area contributed by atoms with Crippen molar-refractivity contribution in [3.63, 3.8) is 0 Å². The van der Waals surface area contributed by atoms with E-state index in [1.807, 2.05) is 0 Å². The van der Waals surface area contributed by atoms with Gasteiger partial charge in [-0.15, -0.1) is 0 Å². The molecule has 2 aliphatic heterocycles. The van der Waals surface area contributed by atoms with E-state index >= 15 is 0 Å². The van der Waals surface area contributed by atoms with Crippen molar-refractivity contribution in [2.75, 3.05) is 0 Å². The molecule has 2 nitrogen and oxygen atoms in total. The quantitative estimate of drug-likeness (QED) is 0.269. The summed E-state index contributed by atoms with van der Waals surface area (Å²) in [5, 5.41) is 0. The molecule has 0 radical (unpaired) electrons. The summed E-state index contributed by atoms with van der Waals surface area (Å²) in [6.45, 7) is 0. The van der Waals surface area contributed by atoms with Crippen molar-refractivity contribution in [2.45, 2.75) is 94.7 Å². The average Bonchev–Trinajstić information content (AvgIpc) is 3.80. The molecule has 0 amide bonds. The molecule has 0 saturated carbocycles. The van der Waals surface area contributed by atoms with Gasteiger partial charge in [0.15, 0.2) is 0 Å². The molecule has 11 rings (SSSR count). The Labute approximate surface area is 335 Å². The van der Waals surface area contributed by atoms with E-state index in [0.29, 0.717) is 65.5 Å². The van der Waals surface area contributed by atoms with Gasteiger partial charge >= 0.3 is 0 Å². The Hall–Kier alpha value is -4.56. The molecular weight excluding hydrogens is 677 g/mol. The van der Waals surface area contributed by atoms with E-state index in [2.05, 4.69) is 162 Å². The Morgan fingerprint density at radius 1 is 0.643 bits per heavy atom. The first-order valence-corrected chi connectivity index (χ1v) is 22.3. The highest BCUT2D eigenvalue weighted by Crippen LogP contribution is 2.55. The molecule has 0 N–H and O–H groups in total. The summed E-state index contributed by atoms with van der Waals surface area (Å²) in [5.74, 6) is 4.66. The van der Waals surface area contributed by atoms with E-state index < -0.39 is 0 Å². The van der Waals surface area contributed by atoms with Gasteiger partial charge in [0.05, 0.1) is 12.1 Å². The standard InChI is InChI=1S/C54H58N2/c1-4-16-37(17-5-1)40-22-14-23-44(33-40)55-51-28-12-11-25-48(51)50-36-41(30-31-53(50)55)46-26-15-27-49-47-24-10-13-29-52(47)56(54(46)49)45-34-42(38-18-6-2-7-19-38)32-43(35-45)39-20-8-3-9-21-39/h1-9,11,13-18,20,22-23,25-27,29,34,36,38-40,42-43,47,49-50,52-54H,10,12,19,21,24,28,30-33,35H2. The van der Waals surface area contributed by atoms with Crippen molar-refractivity contribution >= 4 is 0 Å². The average molecular weight is 735 g/mol. The van der Waals surface area contributed by atoms with Crippen LogP contribution in [0.1, 0.15) is 82.1 Å². The molecule has 8 aliphatic carbocycles. The van der Waals surface area contributed by atoms with Gasteiger partial charge in [-0.2, -0.15) is 0 Å². The van der Waals surface area contributed by atoms with E-state index in [9.17, 15) is 0 Å². The zero-order valence-electron chi connectivity index (χ0n) is 33.0. The Balaban J connectivity index is 0.939. The van der Waals surface area contributed by atoms with Gasteiger partial charge in [0, 0.05) is 40.9 Å². The second kappa shape index (κ2) is 14.7. The van der Waals surface area contributed by atoms with Crippen molar-refractivity contribution in [2.24, 2.45) is 41.4 Å². The van der Waals surface area contributed by atoms with Crippen LogP contribution in [0.4, 0.5) is 0 Å². The van der Waals surface area contributed by atoms with E-state index in [0.717, 1.165) is 25.7 Å². The van der Waals surface area contributed by atoms with Gasteiger partial charge in [-0.1, -0.05) is 146 Å². The van der Waals surface area contributed by atoms with Crippen LogP contribution in [0.15, 0.2) is 186 Å². The first-order chi connectivity index (χ1) is 27.8. The Bertz CT molecular complexity index is 2120. The molecule has 1 saturated heterocycles. The Kier molecular flexibility index (Phi) is 9.13. The van der Waals surface area contributed by atoms with Gasteiger partial charge < -0.3 is 9.80 Å². The fourth-order valence-electron chi connectivity index (χ4n) is 12.9. The van der Waals surface area contributed by atoms with Gasteiger partial charge in [0.2, 0.25) is 0 Å². The summed E-state index contributed by atoms with van der Waals surface area (Å²) in [7, 11) is 0. The second-order valence-electron chi connectivity index (χ2n) is 18.3. The van der Waals surface area contributed by atoms with E-state index in [4.69, 9.17) is 0 Å². The minimum Gasteiger partial charge on any atom is -0.361 e. The number of hydrogen-bond donors (Lipinski definition) is 0. The van der Waals surface area contributed by atoms with Crippen LogP contribution in [0.3, 0.4) is 0 Å². The van der Waals surface area contributed by atoms with Crippen molar-refractivity contribution < 1.29 is 0 Å². The molecule has 0 aromatic heterocycles. The minimum absolute atomic E-state index is 0.417. The highest BCUT2D eigenvalue weighted by molar-refractivity contribution is 5.52. The fourth-order valence-corrected chi connectivity index (χ4v) is 12.9. The maximum atomic E-state index is 3.02. The van der Waals surface area contributed by atoms with Gasteiger partial charge in [0.1, 0.15) is 0 Å². The van der Waals surface area contributed by atoms with Gasteiger partial charge in [0.25, 0.3) is 0 Å². The highest BCUT2D eigenvalue weighted by atomic mass is 15.2. The van der Waals surface area contributed by atoms with Crippen molar-refractivity contribution in [3.8, 4) is 0 Å². The maximum Gasteiger partial charge on any atom is 0.0614 e. The number of rotatable bonds is 6. The Morgan fingerprint density at radius 3 is 2.36 bits per heavy atom. The van der Waals surface area contributed by atoms with Crippen LogP contribution in [-0.2, 0) is 0 Å². The van der Waals surface area contributed by atoms with Crippen LogP contribution in [0, 0.1) is 41.4 Å². The van der Waals surface area contributed by atoms with Crippen LogP contribution in [0.2, 0.25) is 0 Å². The largest absolute Gasteiger partial charge is 0.361 e. The molecule has 56 heavy (non-hydrogen) atoms. The summed E-state index contributed by atoms with van der Waals surface area (Å²) in [6, 6.07) is 12.6. The van der Waals surface area contributed by atoms with Crippen LogP contribution >= 0.6 is 0 Å². The lowest BCUT2D eigenvalue weighted by Crippen LogP contribution is -2.42. The van der Waals surface area contributed by atoms with Crippen LogP contribution in [0.25, 0.3) is 0 Å². The molecule has 11 unspecified atom stereocenters. The van der Waals surface area contributed by atoms with E-state index in [1.54, 1.807) is 28.1 Å². The molecule has 1 fully saturated rings. The van der Waals surface area contributed by atoms with E-state index in [-0.39, 0.29) is 0 Å². The van der Waals surface area contributed by atoms with Crippen LogP contribution in [0.5, 0.6) is 0 Å². The molecule has 0 bridgehead atoms. The molecule has 10 aliphatic rings. The molecular formula is C54H58N2. The lowest BCUT2D eigenvalue weighted by atomic mass is 9.70. The van der Waals surface area contributed by atoms with Crippen LogP contribution in [-0.4, -0.2) is 27.9 Å². The van der Waals surface area contributed by atoms with Crippen molar-refractivity contribution in [1.82, 2.24) is 9.80 Å². The summed E-state index contributed by atoms with van der Waals surface area (Å²) in [6.07, 6.45) is 62.7. The predicted octanol–water partition coefficient (Wildman–Crippen LogP) is 12.5. The topological polar surface area (TPSA) is 6.48 Å². The fraction of sp³-hybridized carbons (Fsp3) is 0.407. The third-order valence-corrected chi connectivity index (χ3v) is 15.4. The SMILES string of the molecule is C1=CCC(C2C=C(N3C4C=CCCC4C4C=CC=C(C5=CC6C7=C(CCC=C7)N(C7=CC=CC(c8ccccc8)C7)C6CC5)C43)CC(C3C=CC=CC3)C2)C=C1.